The number of halogens is 2. The van der Waals surface area contributed by atoms with Crippen molar-refractivity contribution in [3.8, 4) is 11.1 Å². The first-order chi connectivity index (χ1) is 8.15. The highest BCUT2D eigenvalue weighted by atomic mass is 19.3. The molecule has 0 heterocycles. The summed E-state index contributed by atoms with van der Waals surface area (Å²) in [5.74, 6) is 0. The molecule has 0 aliphatic heterocycles. The Morgan fingerprint density at radius 2 is 1.29 bits per heavy atom. The minimum atomic E-state index is -1.94. The normalized spacial score (nSPS) is 10.0. The second-order valence-corrected chi connectivity index (χ2v) is 3.52. The fraction of sp³-hybridized carbons (Fsp3) is 0. The second kappa shape index (κ2) is 4.74. The summed E-state index contributed by atoms with van der Waals surface area (Å²) in [6.45, 7) is 0. The second-order valence-electron chi connectivity index (χ2n) is 3.52. The average molecular weight is 232 g/mol. The largest absolute Gasteiger partial charge is 0.399 e. The third kappa shape index (κ3) is 2.87. The molecule has 0 amide bonds. The van der Waals surface area contributed by atoms with Gasteiger partial charge in [0, 0.05) is 5.69 Å². The van der Waals surface area contributed by atoms with Gasteiger partial charge in [0.2, 0.25) is 0 Å². The van der Waals surface area contributed by atoms with E-state index in [2.05, 4.69) is 4.99 Å². The lowest BCUT2D eigenvalue weighted by Gasteiger charge is -2.02. The van der Waals surface area contributed by atoms with E-state index in [0.29, 0.717) is 5.69 Å². The Balaban J connectivity index is 2.29. The maximum atomic E-state index is 11.9. The Bertz CT molecular complexity index is 526. The molecule has 86 valence electrons. The number of nitrogens with zero attached hydrogens (tertiary/aromatic N) is 1. The highest BCUT2D eigenvalue weighted by Crippen LogP contribution is 2.23. The molecule has 0 atom stereocenters. The van der Waals surface area contributed by atoms with E-state index < -0.39 is 6.22 Å². The standard InChI is InChI=1S/C13H10F2N2/c14-13(15)17-12-7-3-10(4-8-12)9-1-5-11(16)6-2-9/h1-8H,16H2. The summed E-state index contributed by atoms with van der Waals surface area (Å²) in [6, 6.07) is 13.9. The lowest BCUT2D eigenvalue weighted by Crippen LogP contribution is -1.83. The first kappa shape index (κ1) is 11.3. The number of hydrogen-bond donors (Lipinski definition) is 1. The first-order valence-electron chi connectivity index (χ1n) is 5.01. The maximum absolute atomic E-state index is 11.9. The molecule has 2 N–H and O–H groups in total. The van der Waals surface area contributed by atoms with Crippen LogP contribution in [0, 0.1) is 0 Å². The Morgan fingerprint density at radius 1 is 0.824 bits per heavy atom. The Labute approximate surface area is 97.4 Å². The van der Waals surface area contributed by atoms with Crippen molar-refractivity contribution >= 4 is 17.6 Å². The van der Waals surface area contributed by atoms with Crippen LogP contribution in [0.25, 0.3) is 11.1 Å². The monoisotopic (exact) mass is 232 g/mol. The number of rotatable bonds is 2. The van der Waals surface area contributed by atoms with Crippen LogP contribution in [0.15, 0.2) is 53.5 Å². The van der Waals surface area contributed by atoms with Gasteiger partial charge in [-0.05, 0) is 35.4 Å². The molecule has 0 aromatic heterocycles. The van der Waals surface area contributed by atoms with E-state index in [1.54, 1.807) is 36.4 Å². The van der Waals surface area contributed by atoms with Gasteiger partial charge < -0.3 is 5.73 Å². The summed E-state index contributed by atoms with van der Waals surface area (Å²) in [5.41, 5.74) is 8.43. The maximum Gasteiger partial charge on any atom is 0.365 e. The molecule has 2 rings (SSSR count). The Hall–Kier alpha value is -2.23. The van der Waals surface area contributed by atoms with Crippen LogP contribution in [-0.4, -0.2) is 6.22 Å². The van der Waals surface area contributed by atoms with E-state index >= 15 is 0 Å². The Kier molecular flexibility index (Phi) is 3.14. The number of hydrogen-bond acceptors (Lipinski definition) is 2. The summed E-state index contributed by atoms with van der Waals surface area (Å²) in [6.07, 6.45) is -1.94. The number of nitrogens with two attached hydrogens (primary N) is 1. The predicted octanol–water partition coefficient (Wildman–Crippen LogP) is 3.86. The lowest BCUT2D eigenvalue weighted by molar-refractivity contribution is 0.616. The van der Waals surface area contributed by atoms with Crippen molar-refractivity contribution in [2.45, 2.75) is 0 Å². The van der Waals surface area contributed by atoms with E-state index in [9.17, 15) is 8.78 Å². The number of aliphatic imine (C=N–C) groups is 1. The van der Waals surface area contributed by atoms with Crippen molar-refractivity contribution in [1.29, 1.82) is 0 Å². The van der Waals surface area contributed by atoms with Gasteiger partial charge >= 0.3 is 6.22 Å². The molecule has 0 unspecified atom stereocenters. The molecule has 0 spiro atoms. The topological polar surface area (TPSA) is 38.4 Å². The van der Waals surface area contributed by atoms with Crippen molar-refractivity contribution in [1.82, 2.24) is 0 Å². The van der Waals surface area contributed by atoms with E-state index in [-0.39, 0.29) is 5.69 Å². The quantitative estimate of drug-likeness (QED) is 0.619. The van der Waals surface area contributed by atoms with Gasteiger partial charge in [0.1, 0.15) is 0 Å². The average Bonchev–Trinajstić information content (AvgIpc) is 2.30. The van der Waals surface area contributed by atoms with Crippen LogP contribution in [0.1, 0.15) is 0 Å². The smallest absolute Gasteiger partial charge is 0.365 e. The van der Waals surface area contributed by atoms with Crippen molar-refractivity contribution in [3.05, 3.63) is 48.5 Å². The van der Waals surface area contributed by atoms with Crippen molar-refractivity contribution in [2.75, 3.05) is 5.73 Å². The molecule has 2 aromatic rings. The summed E-state index contributed by atoms with van der Waals surface area (Å²) >= 11 is 0. The van der Waals surface area contributed by atoms with Crippen molar-refractivity contribution in [2.24, 2.45) is 4.99 Å². The minimum Gasteiger partial charge on any atom is -0.399 e. The van der Waals surface area contributed by atoms with Crippen LogP contribution in [0.2, 0.25) is 0 Å². The molecule has 0 aliphatic rings. The van der Waals surface area contributed by atoms with Crippen molar-refractivity contribution in [3.63, 3.8) is 0 Å². The van der Waals surface area contributed by atoms with Crippen LogP contribution in [-0.2, 0) is 0 Å². The molecule has 0 saturated heterocycles. The SMILES string of the molecule is Nc1ccc(-c2ccc(N=C(F)F)cc2)cc1. The molecule has 0 aliphatic carbocycles. The highest BCUT2D eigenvalue weighted by molar-refractivity contribution is 5.71. The number of nitrogen functional groups attached to an aromatic ring is 1. The van der Waals surface area contributed by atoms with E-state index in [1.165, 1.54) is 0 Å². The van der Waals surface area contributed by atoms with Gasteiger partial charge in [0.15, 0.2) is 0 Å². The summed E-state index contributed by atoms with van der Waals surface area (Å²) in [5, 5.41) is 0. The van der Waals surface area contributed by atoms with Gasteiger partial charge in [0.25, 0.3) is 0 Å². The molecular weight excluding hydrogens is 222 g/mol. The van der Waals surface area contributed by atoms with E-state index in [0.717, 1.165) is 11.1 Å². The minimum absolute atomic E-state index is 0.240. The van der Waals surface area contributed by atoms with Crippen molar-refractivity contribution < 1.29 is 8.78 Å². The van der Waals surface area contributed by atoms with Gasteiger partial charge in [-0.15, -0.1) is 0 Å². The molecule has 0 fully saturated rings. The van der Waals surface area contributed by atoms with Crippen LogP contribution < -0.4 is 5.73 Å². The molecule has 0 saturated carbocycles. The third-order valence-corrected chi connectivity index (χ3v) is 2.32. The van der Waals surface area contributed by atoms with Crippen LogP contribution in [0.4, 0.5) is 20.2 Å². The molecule has 4 heteroatoms. The van der Waals surface area contributed by atoms with Crippen LogP contribution in [0.5, 0.6) is 0 Å². The van der Waals surface area contributed by atoms with Gasteiger partial charge in [-0.25, -0.2) is 0 Å². The first-order valence-corrected chi connectivity index (χ1v) is 5.01. The Morgan fingerprint density at radius 3 is 1.76 bits per heavy atom. The summed E-state index contributed by atoms with van der Waals surface area (Å²) in [4.78, 5) is 3.07. The fourth-order valence-electron chi connectivity index (χ4n) is 1.50. The number of anilines is 1. The van der Waals surface area contributed by atoms with Gasteiger partial charge in [-0.3, -0.25) is 0 Å². The number of benzene rings is 2. The van der Waals surface area contributed by atoms with Crippen LogP contribution in [0.3, 0.4) is 0 Å². The van der Waals surface area contributed by atoms with E-state index in [4.69, 9.17) is 5.73 Å². The van der Waals surface area contributed by atoms with Gasteiger partial charge in [-0.2, -0.15) is 13.8 Å². The molecule has 0 radical (unpaired) electrons. The van der Waals surface area contributed by atoms with E-state index in [1.807, 2.05) is 12.1 Å². The molecule has 2 nitrogen and oxygen atoms in total. The van der Waals surface area contributed by atoms with Gasteiger partial charge in [0.05, 0.1) is 5.69 Å². The molecular formula is C13H10F2N2. The van der Waals surface area contributed by atoms with Gasteiger partial charge in [-0.1, -0.05) is 24.3 Å². The zero-order chi connectivity index (χ0) is 12.3. The zero-order valence-corrected chi connectivity index (χ0v) is 8.90. The van der Waals surface area contributed by atoms with Crippen LogP contribution >= 0.6 is 0 Å². The molecule has 0 bridgehead atoms. The predicted molar refractivity (Wildman–Crippen MR) is 65.6 cm³/mol. The lowest BCUT2D eigenvalue weighted by atomic mass is 10.1. The summed E-state index contributed by atoms with van der Waals surface area (Å²) in [7, 11) is 0. The summed E-state index contributed by atoms with van der Waals surface area (Å²) < 4.78 is 23.8. The molecule has 2 aromatic carbocycles. The molecule has 17 heavy (non-hydrogen) atoms. The fourth-order valence-corrected chi connectivity index (χ4v) is 1.50. The third-order valence-electron chi connectivity index (χ3n) is 2.32. The zero-order valence-electron chi connectivity index (χ0n) is 8.90. The highest BCUT2D eigenvalue weighted by Gasteiger charge is 1.98.